The van der Waals surface area contributed by atoms with E-state index in [9.17, 15) is 5.11 Å². The monoisotopic (exact) mass is 260 g/mol. The standard InChI is InChI=1S/C11H14Cl2N2O/c1-11(2,3)15-14-6-7-4-8(12)5-9(13)10(7)16/h4-6,15-16H,1-3H3/b14-6+. The molecule has 0 aromatic heterocycles. The van der Waals surface area contributed by atoms with Crippen molar-refractivity contribution in [2.24, 2.45) is 5.10 Å². The lowest BCUT2D eigenvalue weighted by Gasteiger charge is -2.17. The highest BCUT2D eigenvalue weighted by molar-refractivity contribution is 6.36. The summed E-state index contributed by atoms with van der Waals surface area (Å²) in [6.07, 6.45) is 1.48. The Hall–Kier alpha value is -0.930. The van der Waals surface area contributed by atoms with Crippen LogP contribution in [0.4, 0.5) is 0 Å². The number of nitrogens with zero attached hydrogens (tertiary/aromatic N) is 1. The molecule has 1 aromatic carbocycles. The van der Waals surface area contributed by atoms with Crippen LogP contribution >= 0.6 is 23.2 Å². The lowest BCUT2D eigenvalue weighted by molar-refractivity contribution is 0.441. The van der Waals surface area contributed by atoms with E-state index in [0.717, 1.165) is 0 Å². The molecule has 3 nitrogen and oxygen atoms in total. The number of aromatic hydroxyl groups is 1. The van der Waals surface area contributed by atoms with Crippen LogP contribution in [0.15, 0.2) is 17.2 Å². The number of phenols is 1. The van der Waals surface area contributed by atoms with Crippen molar-refractivity contribution in [3.63, 3.8) is 0 Å². The smallest absolute Gasteiger partial charge is 0.143 e. The van der Waals surface area contributed by atoms with Crippen LogP contribution in [0.5, 0.6) is 5.75 Å². The van der Waals surface area contributed by atoms with Gasteiger partial charge in [0.1, 0.15) is 5.75 Å². The minimum atomic E-state index is -0.130. The summed E-state index contributed by atoms with van der Waals surface area (Å²) in [4.78, 5) is 0. The van der Waals surface area contributed by atoms with Crippen molar-refractivity contribution in [3.8, 4) is 5.75 Å². The van der Waals surface area contributed by atoms with Gasteiger partial charge in [-0.3, -0.25) is 0 Å². The summed E-state index contributed by atoms with van der Waals surface area (Å²) in [5, 5.41) is 14.3. The number of hydrogen-bond donors (Lipinski definition) is 2. The minimum absolute atomic E-state index is 0.0227. The van der Waals surface area contributed by atoms with Gasteiger partial charge in [-0.25, -0.2) is 0 Å². The Morgan fingerprint density at radius 2 is 1.94 bits per heavy atom. The highest BCUT2D eigenvalue weighted by atomic mass is 35.5. The Balaban J connectivity index is 2.89. The number of hydrogen-bond acceptors (Lipinski definition) is 3. The minimum Gasteiger partial charge on any atom is -0.506 e. The zero-order valence-corrected chi connectivity index (χ0v) is 10.9. The molecule has 5 heteroatoms. The zero-order chi connectivity index (χ0) is 12.3. The highest BCUT2D eigenvalue weighted by Crippen LogP contribution is 2.29. The maximum absolute atomic E-state index is 9.64. The Labute approximate surface area is 105 Å². The number of nitrogens with one attached hydrogen (secondary N) is 1. The fourth-order valence-corrected chi connectivity index (χ4v) is 1.49. The van der Waals surface area contributed by atoms with Crippen molar-refractivity contribution in [1.82, 2.24) is 5.43 Å². The number of benzene rings is 1. The van der Waals surface area contributed by atoms with Crippen LogP contribution in [0, 0.1) is 0 Å². The fourth-order valence-electron chi connectivity index (χ4n) is 0.980. The van der Waals surface area contributed by atoms with E-state index in [1.165, 1.54) is 12.3 Å². The molecule has 0 saturated carbocycles. The Kier molecular flexibility index (Phi) is 4.05. The van der Waals surface area contributed by atoms with Crippen molar-refractivity contribution >= 4 is 29.4 Å². The summed E-state index contributed by atoms with van der Waals surface area (Å²) in [6, 6.07) is 3.07. The highest BCUT2D eigenvalue weighted by Gasteiger charge is 2.08. The molecule has 0 unspecified atom stereocenters. The van der Waals surface area contributed by atoms with Crippen molar-refractivity contribution in [2.75, 3.05) is 0 Å². The SMILES string of the molecule is CC(C)(C)N/N=C/c1cc(Cl)cc(Cl)c1O. The average Bonchev–Trinajstić information content (AvgIpc) is 2.11. The molecule has 88 valence electrons. The molecule has 0 amide bonds. The molecule has 0 aliphatic rings. The summed E-state index contributed by atoms with van der Waals surface area (Å²) >= 11 is 11.6. The Bertz CT molecular complexity index is 411. The molecule has 0 fully saturated rings. The zero-order valence-electron chi connectivity index (χ0n) is 9.38. The third kappa shape index (κ3) is 3.91. The Morgan fingerprint density at radius 3 is 2.50 bits per heavy atom. The molecule has 0 radical (unpaired) electrons. The number of rotatable bonds is 2. The van der Waals surface area contributed by atoms with E-state index in [4.69, 9.17) is 23.2 Å². The molecule has 0 aliphatic heterocycles. The van der Waals surface area contributed by atoms with Crippen LogP contribution in [0.25, 0.3) is 0 Å². The normalized spacial score (nSPS) is 12.1. The molecule has 0 heterocycles. The first kappa shape index (κ1) is 13.1. The summed E-state index contributed by atoms with van der Waals surface area (Å²) in [6.45, 7) is 5.94. The molecule has 0 atom stereocenters. The third-order valence-corrected chi connectivity index (χ3v) is 2.17. The summed E-state index contributed by atoms with van der Waals surface area (Å²) < 4.78 is 0. The van der Waals surface area contributed by atoms with Crippen LogP contribution in [0.2, 0.25) is 10.0 Å². The van der Waals surface area contributed by atoms with Gasteiger partial charge in [-0.15, -0.1) is 0 Å². The molecule has 0 aliphatic carbocycles. The van der Waals surface area contributed by atoms with Gasteiger partial charge in [0, 0.05) is 16.1 Å². The second-order valence-electron chi connectivity index (χ2n) is 4.45. The molecule has 1 aromatic rings. The topological polar surface area (TPSA) is 44.6 Å². The first-order valence-electron chi connectivity index (χ1n) is 4.78. The van der Waals surface area contributed by atoms with Crippen LogP contribution in [-0.2, 0) is 0 Å². The van der Waals surface area contributed by atoms with E-state index in [0.29, 0.717) is 10.6 Å². The van der Waals surface area contributed by atoms with Gasteiger partial charge in [-0.05, 0) is 32.9 Å². The summed E-state index contributed by atoms with van der Waals surface area (Å²) in [5.41, 5.74) is 3.26. The average molecular weight is 261 g/mol. The van der Waals surface area contributed by atoms with Crippen LogP contribution in [-0.4, -0.2) is 16.9 Å². The van der Waals surface area contributed by atoms with Gasteiger partial charge < -0.3 is 10.5 Å². The maximum atomic E-state index is 9.64. The first-order chi connectivity index (χ1) is 7.29. The fraction of sp³-hybridized carbons (Fsp3) is 0.364. The predicted octanol–water partition coefficient (Wildman–Crippen LogP) is 3.42. The molecular weight excluding hydrogens is 247 g/mol. The molecule has 0 saturated heterocycles. The van der Waals surface area contributed by atoms with E-state index in [1.54, 1.807) is 6.07 Å². The first-order valence-corrected chi connectivity index (χ1v) is 5.53. The van der Waals surface area contributed by atoms with Gasteiger partial charge in [0.05, 0.1) is 11.2 Å². The van der Waals surface area contributed by atoms with Crippen molar-refractivity contribution in [3.05, 3.63) is 27.7 Å². The number of phenolic OH excluding ortho intramolecular Hbond substituents is 1. The van der Waals surface area contributed by atoms with Gasteiger partial charge in [-0.1, -0.05) is 23.2 Å². The summed E-state index contributed by atoms with van der Waals surface area (Å²) in [7, 11) is 0. The lowest BCUT2D eigenvalue weighted by atomic mass is 10.1. The quantitative estimate of drug-likeness (QED) is 0.632. The van der Waals surface area contributed by atoms with Crippen molar-refractivity contribution in [2.45, 2.75) is 26.3 Å². The lowest BCUT2D eigenvalue weighted by Crippen LogP contribution is -2.31. The third-order valence-electron chi connectivity index (χ3n) is 1.66. The van der Waals surface area contributed by atoms with Gasteiger partial charge in [0.15, 0.2) is 0 Å². The largest absolute Gasteiger partial charge is 0.506 e. The molecule has 1 rings (SSSR count). The number of hydrazone groups is 1. The van der Waals surface area contributed by atoms with E-state index in [1.807, 2.05) is 20.8 Å². The second-order valence-corrected chi connectivity index (χ2v) is 5.29. The summed E-state index contributed by atoms with van der Waals surface area (Å²) in [5.74, 6) is -0.0227. The molecular formula is C11H14Cl2N2O. The molecule has 0 bridgehead atoms. The predicted molar refractivity (Wildman–Crippen MR) is 68.6 cm³/mol. The van der Waals surface area contributed by atoms with Gasteiger partial charge in [0.2, 0.25) is 0 Å². The van der Waals surface area contributed by atoms with Crippen molar-refractivity contribution in [1.29, 1.82) is 0 Å². The molecule has 0 spiro atoms. The van der Waals surface area contributed by atoms with Crippen LogP contribution in [0.3, 0.4) is 0 Å². The van der Waals surface area contributed by atoms with Gasteiger partial charge in [-0.2, -0.15) is 5.10 Å². The van der Waals surface area contributed by atoms with E-state index in [-0.39, 0.29) is 16.3 Å². The van der Waals surface area contributed by atoms with Crippen molar-refractivity contribution < 1.29 is 5.11 Å². The number of halogens is 2. The maximum Gasteiger partial charge on any atom is 0.143 e. The van der Waals surface area contributed by atoms with Crippen LogP contribution < -0.4 is 5.43 Å². The van der Waals surface area contributed by atoms with Gasteiger partial charge >= 0.3 is 0 Å². The molecule has 2 N–H and O–H groups in total. The van der Waals surface area contributed by atoms with Crippen LogP contribution in [0.1, 0.15) is 26.3 Å². The van der Waals surface area contributed by atoms with Gasteiger partial charge in [0.25, 0.3) is 0 Å². The second kappa shape index (κ2) is 4.93. The molecule has 16 heavy (non-hydrogen) atoms. The Morgan fingerprint density at radius 1 is 1.31 bits per heavy atom. The van der Waals surface area contributed by atoms with E-state index >= 15 is 0 Å². The van der Waals surface area contributed by atoms with E-state index in [2.05, 4.69) is 10.5 Å². The van der Waals surface area contributed by atoms with E-state index < -0.39 is 0 Å².